The zero-order chi connectivity index (χ0) is 16.2. The van der Waals surface area contributed by atoms with Crippen LogP contribution in [0.2, 0.25) is 0 Å². The molecule has 1 saturated heterocycles. The lowest BCUT2D eigenvalue weighted by atomic mass is 9.95. The predicted octanol–water partition coefficient (Wildman–Crippen LogP) is 4.03. The van der Waals surface area contributed by atoms with Crippen molar-refractivity contribution in [2.45, 2.75) is 0 Å². The maximum absolute atomic E-state index is 12.9. The molecule has 0 aliphatic carbocycles. The minimum Gasteiger partial charge on any atom is -0.308 e. The molecule has 3 rings (SSSR count). The van der Waals surface area contributed by atoms with E-state index in [-0.39, 0.29) is 29.8 Å². The Morgan fingerprint density at radius 2 is 1.12 bits per heavy atom. The molecule has 1 N–H and O–H groups in total. The fraction of sp³-hybridized carbons (Fsp3) is 0.105. The van der Waals surface area contributed by atoms with E-state index in [1.54, 1.807) is 36.4 Å². The van der Waals surface area contributed by atoms with E-state index in [4.69, 9.17) is 0 Å². The van der Waals surface area contributed by atoms with Crippen LogP contribution in [0.25, 0.3) is 12.2 Å². The smallest absolute Gasteiger partial charge is 0.187 e. The van der Waals surface area contributed by atoms with Crippen molar-refractivity contribution >= 4 is 30.3 Å². The van der Waals surface area contributed by atoms with Crippen molar-refractivity contribution in [2.24, 2.45) is 0 Å². The largest absolute Gasteiger partial charge is 0.308 e. The maximum atomic E-state index is 12.9. The molecular weight excluding hydrogens is 332 g/mol. The number of nitrogens with one attached hydrogen (secondary N) is 1. The highest BCUT2D eigenvalue weighted by Crippen LogP contribution is 2.18. The molecule has 1 heterocycles. The molecule has 1 fully saturated rings. The Kier molecular flexibility index (Phi) is 6.01. The van der Waals surface area contributed by atoms with Gasteiger partial charge in [0.25, 0.3) is 0 Å². The van der Waals surface area contributed by atoms with Gasteiger partial charge in [-0.15, -0.1) is 12.4 Å². The van der Waals surface area contributed by atoms with Crippen LogP contribution in [0.15, 0.2) is 59.7 Å². The van der Waals surface area contributed by atoms with Crippen molar-refractivity contribution in [1.29, 1.82) is 0 Å². The number of halogens is 3. The van der Waals surface area contributed by atoms with Crippen LogP contribution in [0.5, 0.6) is 0 Å². The van der Waals surface area contributed by atoms with E-state index in [0.717, 1.165) is 11.1 Å². The highest BCUT2D eigenvalue weighted by molar-refractivity contribution is 6.14. The first-order chi connectivity index (χ1) is 11.1. The molecule has 24 heavy (non-hydrogen) atoms. The maximum Gasteiger partial charge on any atom is 0.187 e. The van der Waals surface area contributed by atoms with Gasteiger partial charge < -0.3 is 5.32 Å². The highest BCUT2D eigenvalue weighted by Gasteiger charge is 2.20. The Morgan fingerprint density at radius 1 is 0.750 bits per heavy atom. The number of Topliss-reactive ketones (excluding diaryl/α,β-unsaturated/α-hetero) is 1. The SMILES string of the molecule is Cl.O=C1/C(=C/c2ccc(F)cc2)CNC/C1=C\c1ccc(F)cc1. The number of benzene rings is 2. The lowest BCUT2D eigenvalue weighted by Gasteiger charge is -2.18. The van der Waals surface area contributed by atoms with Crippen molar-refractivity contribution < 1.29 is 13.6 Å². The Morgan fingerprint density at radius 3 is 1.50 bits per heavy atom. The molecule has 5 heteroatoms. The topological polar surface area (TPSA) is 29.1 Å². The van der Waals surface area contributed by atoms with Crippen molar-refractivity contribution in [2.75, 3.05) is 13.1 Å². The Bertz CT molecular complexity index is 715. The van der Waals surface area contributed by atoms with Gasteiger partial charge in [-0.05, 0) is 47.5 Å². The van der Waals surface area contributed by atoms with Crippen molar-refractivity contribution in [3.05, 3.63) is 82.4 Å². The number of hydrogen-bond acceptors (Lipinski definition) is 2. The van der Waals surface area contributed by atoms with Crippen LogP contribution in [0, 0.1) is 11.6 Å². The Labute approximate surface area is 145 Å². The molecule has 0 atom stereocenters. The molecule has 0 aromatic heterocycles. The summed E-state index contributed by atoms with van der Waals surface area (Å²) in [6.07, 6.45) is 3.51. The van der Waals surface area contributed by atoms with Gasteiger partial charge >= 0.3 is 0 Å². The fourth-order valence-corrected chi connectivity index (χ4v) is 2.45. The van der Waals surface area contributed by atoms with E-state index >= 15 is 0 Å². The lowest BCUT2D eigenvalue weighted by molar-refractivity contribution is -0.112. The molecule has 2 aromatic carbocycles. The minimum absolute atomic E-state index is 0. The second-order valence-electron chi connectivity index (χ2n) is 5.37. The van der Waals surface area contributed by atoms with Gasteiger partial charge in [0, 0.05) is 24.2 Å². The average Bonchev–Trinajstić information content (AvgIpc) is 2.55. The van der Waals surface area contributed by atoms with Crippen LogP contribution >= 0.6 is 12.4 Å². The summed E-state index contributed by atoms with van der Waals surface area (Å²) in [5, 5.41) is 3.17. The van der Waals surface area contributed by atoms with Gasteiger partial charge in [-0.1, -0.05) is 24.3 Å². The first-order valence-corrected chi connectivity index (χ1v) is 7.29. The Balaban J connectivity index is 0.00000208. The van der Waals surface area contributed by atoms with Gasteiger partial charge in [0.05, 0.1) is 0 Å². The summed E-state index contributed by atoms with van der Waals surface area (Å²) in [7, 11) is 0. The van der Waals surface area contributed by atoms with Gasteiger partial charge in [0.15, 0.2) is 5.78 Å². The number of ketones is 1. The monoisotopic (exact) mass is 347 g/mol. The molecule has 0 unspecified atom stereocenters. The van der Waals surface area contributed by atoms with Crippen LogP contribution in [0.1, 0.15) is 11.1 Å². The Hall–Kier alpha value is -2.30. The third kappa shape index (κ3) is 4.37. The summed E-state index contributed by atoms with van der Waals surface area (Å²) in [6.45, 7) is 0.938. The first kappa shape index (κ1) is 18.0. The summed E-state index contributed by atoms with van der Waals surface area (Å²) in [4.78, 5) is 12.5. The quantitative estimate of drug-likeness (QED) is 0.831. The molecule has 1 aliphatic rings. The van der Waals surface area contributed by atoms with Gasteiger partial charge in [0.1, 0.15) is 11.6 Å². The molecule has 0 bridgehead atoms. The molecule has 2 aromatic rings. The molecule has 1 aliphatic heterocycles. The predicted molar refractivity (Wildman–Crippen MR) is 93.9 cm³/mol. The molecule has 0 amide bonds. The van der Waals surface area contributed by atoms with Crippen molar-refractivity contribution in [1.82, 2.24) is 5.32 Å². The molecule has 0 radical (unpaired) electrons. The van der Waals surface area contributed by atoms with Crippen molar-refractivity contribution in [3.8, 4) is 0 Å². The molecular formula is C19H16ClF2NO. The van der Waals surface area contributed by atoms with E-state index in [1.807, 2.05) is 0 Å². The zero-order valence-corrected chi connectivity index (χ0v) is 13.6. The lowest BCUT2D eigenvalue weighted by Crippen LogP contribution is -2.32. The number of rotatable bonds is 2. The summed E-state index contributed by atoms with van der Waals surface area (Å²) < 4.78 is 25.9. The number of carbonyl (C=O) groups is 1. The number of piperidine rings is 1. The molecule has 2 nitrogen and oxygen atoms in total. The molecule has 0 saturated carbocycles. The standard InChI is InChI=1S/C19H15F2NO.ClH/c20-17-5-1-13(2-6-17)9-15-11-22-12-16(19(15)23)10-14-3-7-18(21)8-4-14;/h1-10,22H,11-12H2;1H/b15-9+,16-10+;. The van der Waals surface area contributed by atoms with Crippen LogP contribution in [0.4, 0.5) is 8.78 Å². The first-order valence-electron chi connectivity index (χ1n) is 7.29. The number of carbonyl (C=O) groups excluding carboxylic acids is 1. The molecule has 0 spiro atoms. The minimum atomic E-state index is -0.308. The van der Waals surface area contributed by atoms with Gasteiger partial charge in [-0.2, -0.15) is 0 Å². The summed E-state index contributed by atoms with van der Waals surface area (Å²) in [5.41, 5.74) is 2.80. The van der Waals surface area contributed by atoms with Crippen molar-refractivity contribution in [3.63, 3.8) is 0 Å². The van der Waals surface area contributed by atoms with Crippen LogP contribution < -0.4 is 5.32 Å². The summed E-state index contributed by atoms with van der Waals surface area (Å²) >= 11 is 0. The normalized spacial score (nSPS) is 17.8. The fourth-order valence-electron chi connectivity index (χ4n) is 2.45. The highest BCUT2D eigenvalue weighted by atomic mass is 35.5. The molecule has 124 valence electrons. The zero-order valence-electron chi connectivity index (χ0n) is 12.8. The summed E-state index contributed by atoms with van der Waals surface area (Å²) in [6, 6.07) is 12.0. The van der Waals surface area contributed by atoms with Crippen LogP contribution in [-0.4, -0.2) is 18.9 Å². The van der Waals surface area contributed by atoms with E-state index in [1.165, 1.54) is 24.3 Å². The second kappa shape index (κ2) is 7.99. The van der Waals surface area contributed by atoms with Gasteiger partial charge in [0.2, 0.25) is 0 Å². The third-order valence-electron chi connectivity index (χ3n) is 3.64. The number of hydrogen-bond donors (Lipinski definition) is 1. The van der Waals surface area contributed by atoms with Gasteiger partial charge in [-0.3, -0.25) is 4.79 Å². The second-order valence-corrected chi connectivity index (χ2v) is 5.37. The third-order valence-corrected chi connectivity index (χ3v) is 3.64. The van der Waals surface area contributed by atoms with Crippen LogP contribution in [-0.2, 0) is 4.79 Å². The van der Waals surface area contributed by atoms with E-state index in [0.29, 0.717) is 24.2 Å². The van der Waals surface area contributed by atoms with Crippen LogP contribution in [0.3, 0.4) is 0 Å². The summed E-state index contributed by atoms with van der Waals surface area (Å²) in [5.74, 6) is -0.660. The van der Waals surface area contributed by atoms with E-state index in [2.05, 4.69) is 5.32 Å². The van der Waals surface area contributed by atoms with E-state index in [9.17, 15) is 13.6 Å². The van der Waals surface area contributed by atoms with E-state index < -0.39 is 0 Å². The van der Waals surface area contributed by atoms with Gasteiger partial charge in [-0.25, -0.2) is 8.78 Å². The average molecular weight is 348 g/mol.